The first kappa shape index (κ1) is 19.6. The van der Waals surface area contributed by atoms with E-state index in [1.54, 1.807) is 0 Å². The molecule has 5 nitrogen and oxygen atoms in total. The Labute approximate surface area is 160 Å². The van der Waals surface area contributed by atoms with Gasteiger partial charge in [-0.3, -0.25) is 4.79 Å². The summed E-state index contributed by atoms with van der Waals surface area (Å²) in [4.78, 5) is 10.6. The van der Waals surface area contributed by atoms with E-state index in [0.717, 1.165) is 15.6 Å². The zero-order valence-corrected chi connectivity index (χ0v) is 16.1. The van der Waals surface area contributed by atoms with Gasteiger partial charge in [0.2, 0.25) is 0 Å². The summed E-state index contributed by atoms with van der Waals surface area (Å²) in [6, 6.07) is 11.1. The first-order valence-electron chi connectivity index (χ1n) is 7.75. The molecule has 2 rings (SSSR count). The highest BCUT2D eigenvalue weighted by Gasteiger charge is 2.12. The standard InChI is InChI=1S/C18H19BrClNO4/c1-2-24-16-7-13(9-21-10-18(22)23)14(19)8-17(16)25-11-12-5-3-4-6-15(12)20/h3-8,21H,2,9-11H2,1H3,(H,22,23). The molecule has 0 aliphatic heterocycles. The summed E-state index contributed by atoms with van der Waals surface area (Å²) in [7, 11) is 0. The van der Waals surface area contributed by atoms with Gasteiger partial charge in [0.05, 0.1) is 13.2 Å². The van der Waals surface area contributed by atoms with E-state index in [0.29, 0.717) is 36.3 Å². The Morgan fingerprint density at radius 1 is 1.20 bits per heavy atom. The van der Waals surface area contributed by atoms with E-state index in [-0.39, 0.29) is 6.54 Å². The molecule has 2 aromatic rings. The largest absolute Gasteiger partial charge is 0.490 e. The number of hydrogen-bond acceptors (Lipinski definition) is 4. The van der Waals surface area contributed by atoms with E-state index >= 15 is 0 Å². The van der Waals surface area contributed by atoms with Crippen LogP contribution in [0.4, 0.5) is 0 Å². The number of benzene rings is 2. The predicted molar refractivity (Wildman–Crippen MR) is 100 cm³/mol. The van der Waals surface area contributed by atoms with Gasteiger partial charge in [-0.25, -0.2) is 0 Å². The minimum absolute atomic E-state index is 0.110. The summed E-state index contributed by atoms with van der Waals surface area (Å²) >= 11 is 9.65. The Kier molecular flexibility index (Phi) is 7.55. The molecule has 0 amide bonds. The van der Waals surface area contributed by atoms with Crippen LogP contribution in [-0.2, 0) is 17.9 Å². The van der Waals surface area contributed by atoms with Gasteiger partial charge >= 0.3 is 5.97 Å². The molecule has 0 unspecified atom stereocenters. The Morgan fingerprint density at radius 3 is 2.60 bits per heavy atom. The topological polar surface area (TPSA) is 67.8 Å². The number of halogens is 2. The SMILES string of the molecule is CCOc1cc(CNCC(=O)O)c(Br)cc1OCc1ccccc1Cl. The Bertz CT molecular complexity index is 739. The van der Waals surface area contributed by atoms with E-state index in [1.807, 2.05) is 43.3 Å². The normalized spacial score (nSPS) is 10.5. The van der Waals surface area contributed by atoms with Crippen LogP contribution in [0.3, 0.4) is 0 Å². The number of hydrogen-bond donors (Lipinski definition) is 2. The van der Waals surface area contributed by atoms with Gasteiger partial charge in [-0.2, -0.15) is 0 Å². The minimum atomic E-state index is -0.902. The quantitative estimate of drug-likeness (QED) is 0.625. The third kappa shape index (κ3) is 5.92. The van der Waals surface area contributed by atoms with Crippen molar-refractivity contribution in [3.05, 3.63) is 57.0 Å². The second kappa shape index (κ2) is 9.65. The molecule has 0 aliphatic rings. The fourth-order valence-corrected chi connectivity index (χ4v) is 2.82. The maximum absolute atomic E-state index is 10.6. The maximum atomic E-state index is 10.6. The van der Waals surface area contributed by atoms with Gasteiger partial charge in [0.25, 0.3) is 0 Å². The molecule has 0 aromatic heterocycles. The third-order valence-corrected chi connectivity index (χ3v) is 4.45. The minimum Gasteiger partial charge on any atom is -0.490 e. The average molecular weight is 429 g/mol. The molecule has 25 heavy (non-hydrogen) atoms. The molecule has 0 aliphatic carbocycles. The van der Waals surface area contributed by atoms with Crippen LogP contribution in [0.1, 0.15) is 18.1 Å². The molecule has 134 valence electrons. The number of ether oxygens (including phenoxy) is 2. The summed E-state index contributed by atoms with van der Waals surface area (Å²) in [5.74, 6) is 0.293. The monoisotopic (exact) mass is 427 g/mol. The number of carboxylic acids is 1. The summed E-state index contributed by atoms with van der Waals surface area (Å²) < 4.78 is 12.3. The lowest BCUT2D eigenvalue weighted by atomic mass is 10.2. The van der Waals surface area contributed by atoms with Crippen molar-refractivity contribution in [3.8, 4) is 11.5 Å². The summed E-state index contributed by atoms with van der Waals surface area (Å²) in [5.41, 5.74) is 1.77. The molecule has 0 fully saturated rings. The first-order valence-corrected chi connectivity index (χ1v) is 8.92. The van der Waals surface area contributed by atoms with Crippen LogP contribution in [0.15, 0.2) is 40.9 Å². The fourth-order valence-electron chi connectivity index (χ4n) is 2.17. The first-order chi connectivity index (χ1) is 12.0. The molecular weight excluding hydrogens is 410 g/mol. The van der Waals surface area contributed by atoms with Gasteiger partial charge in [-0.15, -0.1) is 0 Å². The van der Waals surface area contributed by atoms with E-state index in [2.05, 4.69) is 21.2 Å². The molecule has 0 radical (unpaired) electrons. The van der Waals surface area contributed by atoms with Crippen LogP contribution in [0, 0.1) is 0 Å². The molecule has 2 aromatic carbocycles. The molecule has 0 saturated carbocycles. The van der Waals surface area contributed by atoms with E-state index in [9.17, 15) is 4.79 Å². The maximum Gasteiger partial charge on any atom is 0.317 e. The molecule has 0 saturated heterocycles. The second-order valence-corrected chi connectivity index (χ2v) is 6.46. The van der Waals surface area contributed by atoms with Crippen molar-refractivity contribution in [1.82, 2.24) is 5.32 Å². The van der Waals surface area contributed by atoms with Crippen molar-refractivity contribution in [2.24, 2.45) is 0 Å². The molecule has 0 spiro atoms. The van der Waals surface area contributed by atoms with E-state index in [1.165, 1.54) is 0 Å². The Morgan fingerprint density at radius 2 is 1.92 bits per heavy atom. The summed E-state index contributed by atoms with van der Waals surface area (Å²) in [6.07, 6.45) is 0. The van der Waals surface area contributed by atoms with Crippen LogP contribution in [0.25, 0.3) is 0 Å². The zero-order valence-electron chi connectivity index (χ0n) is 13.7. The highest BCUT2D eigenvalue weighted by molar-refractivity contribution is 9.10. The Hall–Kier alpha value is -1.76. The molecular formula is C18H19BrClNO4. The van der Waals surface area contributed by atoms with Gasteiger partial charge in [-0.1, -0.05) is 45.7 Å². The Balaban J connectivity index is 2.15. The number of rotatable bonds is 9. The third-order valence-electron chi connectivity index (χ3n) is 3.35. The van der Waals surface area contributed by atoms with Crippen molar-refractivity contribution in [1.29, 1.82) is 0 Å². The van der Waals surface area contributed by atoms with Gasteiger partial charge < -0.3 is 19.9 Å². The van der Waals surface area contributed by atoms with Crippen LogP contribution >= 0.6 is 27.5 Å². The highest BCUT2D eigenvalue weighted by Crippen LogP contribution is 2.34. The van der Waals surface area contributed by atoms with Gasteiger partial charge in [0, 0.05) is 21.6 Å². The van der Waals surface area contributed by atoms with Crippen molar-refractivity contribution in [3.63, 3.8) is 0 Å². The lowest BCUT2D eigenvalue weighted by Gasteiger charge is -2.15. The van der Waals surface area contributed by atoms with Crippen molar-refractivity contribution >= 4 is 33.5 Å². The summed E-state index contributed by atoms with van der Waals surface area (Å²) in [5, 5.41) is 12.2. The number of aliphatic carboxylic acids is 1. The molecule has 7 heteroatoms. The van der Waals surface area contributed by atoms with Crippen LogP contribution in [0.5, 0.6) is 11.5 Å². The molecule has 0 bridgehead atoms. The highest BCUT2D eigenvalue weighted by atomic mass is 79.9. The predicted octanol–water partition coefficient (Wildman–Crippen LogP) is 4.25. The van der Waals surface area contributed by atoms with E-state index in [4.69, 9.17) is 26.2 Å². The van der Waals surface area contributed by atoms with Gasteiger partial charge in [0.1, 0.15) is 6.61 Å². The number of carboxylic acid groups (broad SMARTS) is 1. The van der Waals surface area contributed by atoms with Crippen molar-refractivity contribution in [2.45, 2.75) is 20.1 Å². The lowest BCUT2D eigenvalue weighted by molar-refractivity contribution is -0.135. The summed E-state index contributed by atoms with van der Waals surface area (Å²) in [6.45, 7) is 3.00. The lowest BCUT2D eigenvalue weighted by Crippen LogP contribution is -2.22. The van der Waals surface area contributed by atoms with Crippen LogP contribution < -0.4 is 14.8 Å². The fraction of sp³-hybridized carbons (Fsp3) is 0.278. The van der Waals surface area contributed by atoms with Crippen LogP contribution in [0.2, 0.25) is 5.02 Å². The van der Waals surface area contributed by atoms with E-state index < -0.39 is 5.97 Å². The van der Waals surface area contributed by atoms with Crippen LogP contribution in [-0.4, -0.2) is 24.2 Å². The van der Waals surface area contributed by atoms with Crippen molar-refractivity contribution in [2.75, 3.05) is 13.2 Å². The second-order valence-electron chi connectivity index (χ2n) is 5.20. The molecule has 0 heterocycles. The molecule has 2 N–H and O–H groups in total. The smallest absolute Gasteiger partial charge is 0.317 e. The van der Waals surface area contributed by atoms with Gasteiger partial charge in [-0.05, 0) is 30.7 Å². The van der Waals surface area contributed by atoms with Crippen molar-refractivity contribution < 1.29 is 19.4 Å². The van der Waals surface area contributed by atoms with Gasteiger partial charge in [0.15, 0.2) is 11.5 Å². The average Bonchev–Trinajstić information content (AvgIpc) is 2.57. The number of nitrogens with one attached hydrogen (secondary N) is 1. The zero-order chi connectivity index (χ0) is 18.2. The number of carbonyl (C=O) groups is 1. The molecule has 0 atom stereocenters.